The second-order valence-corrected chi connectivity index (χ2v) is 8.35. The van der Waals surface area contributed by atoms with E-state index in [2.05, 4.69) is 5.32 Å². The number of halogens is 1. The molecule has 0 unspecified atom stereocenters. The fraction of sp³-hybridized carbons (Fsp3) is 0.0741. The number of nitrogens with zero attached hydrogens (tertiary/aromatic N) is 3. The predicted molar refractivity (Wildman–Crippen MR) is 136 cm³/mol. The standard InChI is InChI=1S/C27H21ClN4O2/c1-17-25(27(34)32(31(17)2)18-10-4-3-5-11-18)30-26(33)21-16-24(20-13-6-8-14-22(20)28)29-23-15-9-7-12-19(21)23/h3-16H,1-2H3,(H,30,33). The zero-order chi connectivity index (χ0) is 23.8. The minimum absolute atomic E-state index is 0.233. The number of aromatic nitrogens is 3. The summed E-state index contributed by atoms with van der Waals surface area (Å²) in [4.78, 5) is 31.5. The second kappa shape index (κ2) is 8.65. The van der Waals surface area contributed by atoms with Crippen molar-refractivity contribution < 1.29 is 4.79 Å². The van der Waals surface area contributed by atoms with Crippen LogP contribution >= 0.6 is 11.6 Å². The van der Waals surface area contributed by atoms with Crippen molar-refractivity contribution in [2.24, 2.45) is 7.05 Å². The lowest BCUT2D eigenvalue weighted by Crippen LogP contribution is -2.23. The Balaban J connectivity index is 1.62. The molecule has 0 aliphatic heterocycles. The number of benzene rings is 3. The lowest BCUT2D eigenvalue weighted by Gasteiger charge is -2.11. The van der Waals surface area contributed by atoms with Gasteiger partial charge in [-0.1, -0.05) is 66.2 Å². The predicted octanol–water partition coefficient (Wildman–Crippen LogP) is 5.61. The number of para-hydroxylation sites is 2. The molecule has 0 fully saturated rings. The Kier molecular flexibility index (Phi) is 5.51. The van der Waals surface area contributed by atoms with Crippen LogP contribution in [0.15, 0.2) is 89.7 Å². The number of nitrogens with one attached hydrogen (secondary N) is 1. The van der Waals surface area contributed by atoms with E-state index in [-0.39, 0.29) is 11.2 Å². The average molecular weight is 469 g/mol. The van der Waals surface area contributed by atoms with E-state index < -0.39 is 5.91 Å². The van der Waals surface area contributed by atoms with Gasteiger partial charge in [-0.3, -0.25) is 14.3 Å². The molecule has 1 N–H and O–H groups in total. The van der Waals surface area contributed by atoms with E-state index in [0.717, 1.165) is 5.56 Å². The summed E-state index contributed by atoms with van der Waals surface area (Å²) in [7, 11) is 1.79. The van der Waals surface area contributed by atoms with E-state index in [1.807, 2.05) is 72.8 Å². The SMILES string of the molecule is Cc1c(NC(=O)c2cc(-c3ccccc3Cl)nc3ccccc23)c(=O)n(-c2ccccc2)n1C. The smallest absolute Gasteiger partial charge is 0.295 e. The van der Waals surface area contributed by atoms with Crippen molar-refractivity contribution in [2.45, 2.75) is 6.92 Å². The van der Waals surface area contributed by atoms with Crippen LogP contribution in [0.1, 0.15) is 16.1 Å². The van der Waals surface area contributed by atoms with Gasteiger partial charge in [0.15, 0.2) is 0 Å². The Morgan fingerprint density at radius 1 is 0.941 bits per heavy atom. The minimum Gasteiger partial charge on any atom is -0.316 e. The van der Waals surface area contributed by atoms with Crippen molar-refractivity contribution >= 4 is 34.1 Å². The van der Waals surface area contributed by atoms with E-state index in [0.29, 0.717) is 38.6 Å². The van der Waals surface area contributed by atoms with E-state index in [4.69, 9.17) is 16.6 Å². The number of fused-ring (bicyclic) bond motifs is 1. The number of anilines is 1. The molecule has 7 heteroatoms. The second-order valence-electron chi connectivity index (χ2n) is 7.94. The highest BCUT2D eigenvalue weighted by molar-refractivity contribution is 6.33. The van der Waals surface area contributed by atoms with Crippen LogP contribution in [0.2, 0.25) is 5.02 Å². The monoisotopic (exact) mass is 468 g/mol. The van der Waals surface area contributed by atoms with Gasteiger partial charge in [0.25, 0.3) is 11.5 Å². The molecule has 6 nitrogen and oxygen atoms in total. The molecule has 2 aromatic heterocycles. The molecule has 0 radical (unpaired) electrons. The van der Waals surface area contributed by atoms with Gasteiger partial charge in [-0.15, -0.1) is 0 Å². The highest BCUT2D eigenvalue weighted by Crippen LogP contribution is 2.30. The molecular weight excluding hydrogens is 448 g/mol. The van der Waals surface area contributed by atoms with Crippen LogP contribution in [0.25, 0.3) is 27.8 Å². The van der Waals surface area contributed by atoms with E-state index in [1.165, 1.54) is 4.68 Å². The van der Waals surface area contributed by atoms with E-state index in [1.54, 1.807) is 30.8 Å². The molecule has 34 heavy (non-hydrogen) atoms. The van der Waals surface area contributed by atoms with Gasteiger partial charge < -0.3 is 5.32 Å². The first-order valence-electron chi connectivity index (χ1n) is 10.8. The summed E-state index contributed by atoms with van der Waals surface area (Å²) in [6.07, 6.45) is 0. The summed E-state index contributed by atoms with van der Waals surface area (Å²) in [6.45, 7) is 1.80. The van der Waals surface area contributed by atoms with Gasteiger partial charge in [-0.05, 0) is 37.3 Å². The lowest BCUT2D eigenvalue weighted by atomic mass is 10.0. The number of amides is 1. The number of rotatable bonds is 4. The minimum atomic E-state index is -0.391. The van der Waals surface area contributed by atoms with Crippen LogP contribution in [0.4, 0.5) is 5.69 Å². The van der Waals surface area contributed by atoms with E-state index in [9.17, 15) is 9.59 Å². The first-order chi connectivity index (χ1) is 16.5. The quantitative estimate of drug-likeness (QED) is 0.373. The Labute approximate surface area is 201 Å². The molecule has 168 valence electrons. The maximum Gasteiger partial charge on any atom is 0.295 e. The molecule has 2 heterocycles. The fourth-order valence-corrected chi connectivity index (χ4v) is 4.30. The summed E-state index contributed by atoms with van der Waals surface area (Å²) in [5.74, 6) is -0.391. The highest BCUT2D eigenvalue weighted by Gasteiger charge is 2.21. The molecule has 0 aliphatic carbocycles. The molecular formula is C27H21ClN4O2. The van der Waals surface area contributed by atoms with Gasteiger partial charge in [-0.25, -0.2) is 9.67 Å². The van der Waals surface area contributed by atoms with Crippen molar-refractivity contribution in [3.63, 3.8) is 0 Å². The van der Waals surface area contributed by atoms with Crippen molar-refractivity contribution in [1.29, 1.82) is 0 Å². The molecule has 0 atom stereocenters. The number of carbonyl (C=O) groups is 1. The van der Waals surface area contributed by atoms with Crippen molar-refractivity contribution in [3.8, 4) is 16.9 Å². The zero-order valence-electron chi connectivity index (χ0n) is 18.6. The molecule has 0 saturated heterocycles. The molecule has 5 rings (SSSR count). The van der Waals surface area contributed by atoms with Crippen LogP contribution < -0.4 is 10.9 Å². The maximum absolute atomic E-state index is 13.5. The zero-order valence-corrected chi connectivity index (χ0v) is 19.4. The Hall–Kier alpha value is -4.16. The topological polar surface area (TPSA) is 68.9 Å². The average Bonchev–Trinajstić information content (AvgIpc) is 3.07. The maximum atomic E-state index is 13.5. The van der Waals surface area contributed by atoms with Gasteiger partial charge in [0, 0.05) is 23.0 Å². The summed E-state index contributed by atoms with van der Waals surface area (Å²) >= 11 is 6.40. The van der Waals surface area contributed by atoms with Crippen LogP contribution in [0, 0.1) is 6.92 Å². The highest BCUT2D eigenvalue weighted by atomic mass is 35.5. The van der Waals surface area contributed by atoms with Gasteiger partial charge >= 0.3 is 0 Å². The van der Waals surface area contributed by atoms with Crippen LogP contribution in [0.3, 0.4) is 0 Å². The summed E-state index contributed by atoms with van der Waals surface area (Å²) in [6, 6.07) is 25.8. The lowest BCUT2D eigenvalue weighted by molar-refractivity contribution is 0.102. The Morgan fingerprint density at radius 2 is 1.62 bits per heavy atom. The van der Waals surface area contributed by atoms with Crippen molar-refractivity contribution in [2.75, 3.05) is 5.32 Å². The Morgan fingerprint density at radius 3 is 2.38 bits per heavy atom. The first kappa shape index (κ1) is 21.7. The van der Waals surface area contributed by atoms with Gasteiger partial charge in [-0.2, -0.15) is 0 Å². The normalized spacial score (nSPS) is 11.0. The largest absolute Gasteiger partial charge is 0.316 e. The number of pyridine rings is 1. The molecule has 0 saturated carbocycles. The van der Waals surface area contributed by atoms with Gasteiger partial charge in [0.2, 0.25) is 0 Å². The number of hydrogen-bond acceptors (Lipinski definition) is 3. The third-order valence-electron chi connectivity index (χ3n) is 5.90. The van der Waals surface area contributed by atoms with Gasteiger partial charge in [0.05, 0.1) is 28.2 Å². The van der Waals surface area contributed by atoms with Crippen LogP contribution in [-0.4, -0.2) is 20.3 Å². The third-order valence-corrected chi connectivity index (χ3v) is 6.23. The first-order valence-corrected chi connectivity index (χ1v) is 11.1. The van der Waals surface area contributed by atoms with Crippen LogP contribution in [-0.2, 0) is 7.05 Å². The molecule has 0 spiro atoms. The number of carbonyl (C=O) groups excluding carboxylic acids is 1. The van der Waals surface area contributed by atoms with Crippen LogP contribution in [0.5, 0.6) is 0 Å². The fourth-order valence-electron chi connectivity index (χ4n) is 4.06. The molecule has 1 amide bonds. The molecule has 5 aromatic rings. The number of hydrogen-bond donors (Lipinski definition) is 1. The molecule has 0 aliphatic rings. The summed E-state index contributed by atoms with van der Waals surface area (Å²) < 4.78 is 3.26. The van der Waals surface area contributed by atoms with Crippen molar-refractivity contribution in [3.05, 3.63) is 112 Å². The molecule has 3 aromatic carbocycles. The van der Waals surface area contributed by atoms with Gasteiger partial charge in [0.1, 0.15) is 5.69 Å². The van der Waals surface area contributed by atoms with Crippen molar-refractivity contribution in [1.82, 2.24) is 14.3 Å². The summed E-state index contributed by atoms with van der Waals surface area (Å²) in [5.41, 5.74) is 3.68. The Bertz CT molecular complexity index is 1600. The van der Waals surface area contributed by atoms with E-state index >= 15 is 0 Å². The summed E-state index contributed by atoms with van der Waals surface area (Å²) in [5, 5.41) is 4.09. The molecule has 0 bridgehead atoms. The third kappa shape index (κ3) is 3.68.